The average Bonchev–Trinajstić information content (AvgIpc) is 3.28. The maximum atomic E-state index is 13.0. The van der Waals surface area contributed by atoms with E-state index >= 15 is 0 Å². The van der Waals surface area contributed by atoms with Crippen molar-refractivity contribution in [1.29, 1.82) is 0 Å². The Kier molecular flexibility index (Phi) is 6.43. The van der Waals surface area contributed by atoms with E-state index in [1.54, 1.807) is 29.2 Å². The lowest BCUT2D eigenvalue weighted by atomic mass is 9.99. The predicted octanol–water partition coefficient (Wildman–Crippen LogP) is 4.99. The summed E-state index contributed by atoms with van der Waals surface area (Å²) in [6, 6.07) is 12.3. The van der Waals surface area contributed by atoms with Crippen LogP contribution in [0.4, 0.5) is 20.6 Å². The number of rotatable bonds is 4. The first-order valence-corrected chi connectivity index (χ1v) is 10.9. The van der Waals surface area contributed by atoms with Crippen molar-refractivity contribution in [1.82, 2.24) is 15.1 Å². The van der Waals surface area contributed by atoms with Crippen LogP contribution in [0.5, 0.6) is 0 Å². The van der Waals surface area contributed by atoms with Crippen LogP contribution >= 0.6 is 22.9 Å². The van der Waals surface area contributed by atoms with Gasteiger partial charge < -0.3 is 15.5 Å². The maximum Gasteiger partial charge on any atom is 0.321 e. The molecule has 1 aliphatic rings. The van der Waals surface area contributed by atoms with Gasteiger partial charge in [0.1, 0.15) is 10.8 Å². The second-order valence-corrected chi connectivity index (χ2v) is 8.52. The number of nitrogens with zero attached hydrogens (tertiary/aromatic N) is 3. The zero-order valence-electron chi connectivity index (χ0n) is 16.3. The van der Waals surface area contributed by atoms with Crippen molar-refractivity contribution in [2.45, 2.75) is 18.8 Å². The highest BCUT2D eigenvalue weighted by Gasteiger charge is 2.28. The van der Waals surface area contributed by atoms with Gasteiger partial charge in [-0.05, 0) is 49.2 Å². The number of carbonyl (C=O) groups is 2. The SMILES string of the molecule is O=C(Nc1ccc(F)cc1)c1nnc([C@@H]2CCCN(C(=O)Nc3ccccc3Cl)C2)s1. The second kappa shape index (κ2) is 9.40. The zero-order chi connectivity index (χ0) is 21.8. The minimum atomic E-state index is -0.403. The molecule has 1 aliphatic heterocycles. The summed E-state index contributed by atoms with van der Waals surface area (Å²) >= 11 is 7.33. The fourth-order valence-electron chi connectivity index (χ4n) is 3.33. The van der Waals surface area contributed by atoms with E-state index in [1.807, 2.05) is 0 Å². The molecule has 7 nitrogen and oxygen atoms in total. The topological polar surface area (TPSA) is 87.2 Å². The quantitative estimate of drug-likeness (QED) is 0.575. The van der Waals surface area contributed by atoms with Gasteiger partial charge in [-0.3, -0.25) is 4.79 Å². The number of amides is 3. The standard InChI is InChI=1S/C21H19ClFN5O2S/c22-16-5-1-2-6-17(16)25-21(30)28-11-3-4-13(12-28)19-26-27-20(31-19)18(29)24-15-9-7-14(23)8-10-15/h1-2,5-10,13H,3-4,11-12H2,(H,24,29)(H,25,30)/t13-/m1/s1. The van der Waals surface area contributed by atoms with Crippen LogP contribution in [-0.2, 0) is 0 Å². The molecule has 0 spiro atoms. The molecule has 1 atom stereocenters. The Morgan fingerprint density at radius 3 is 2.65 bits per heavy atom. The molecule has 10 heteroatoms. The van der Waals surface area contributed by atoms with Crippen LogP contribution in [0, 0.1) is 5.82 Å². The minimum Gasteiger partial charge on any atom is -0.324 e. The molecular weight excluding hydrogens is 441 g/mol. The second-order valence-electron chi connectivity index (χ2n) is 7.10. The number of likely N-dealkylation sites (tertiary alicyclic amines) is 1. The first-order valence-electron chi connectivity index (χ1n) is 9.70. The summed E-state index contributed by atoms with van der Waals surface area (Å²) in [5.41, 5.74) is 1.04. The number of anilines is 2. The zero-order valence-corrected chi connectivity index (χ0v) is 17.9. The minimum absolute atomic E-state index is 0.00406. The Labute approximate surface area is 187 Å². The van der Waals surface area contributed by atoms with Gasteiger partial charge in [0.15, 0.2) is 0 Å². The highest BCUT2D eigenvalue weighted by Crippen LogP contribution is 2.30. The summed E-state index contributed by atoms with van der Waals surface area (Å²) in [4.78, 5) is 26.8. The van der Waals surface area contributed by atoms with Crippen molar-refractivity contribution < 1.29 is 14.0 Å². The molecule has 1 aromatic heterocycles. The van der Waals surface area contributed by atoms with E-state index < -0.39 is 5.91 Å². The predicted molar refractivity (Wildman–Crippen MR) is 118 cm³/mol. The van der Waals surface area contributed by atoms with Crippen LogP contribution in [0.3, 0.4) is 0 Å². The van der Waals surface area contributed by atoms with Crippen molar-refractivity contribution in [3.8, 4) is 0 Å². The van der Waals surface area contributed by atoms with E-state index in [9.17, 15) is 14.0 Å². The molecule has 2 aromatic carbocycles. The van der Waals surface area contributed by atoms with E-state index in [-0.39, 0.29) is 22.8 Å². The van der Waals surface area contributed by atoms with Gasteiger partial charge in [0.25, 0.3) is 5.91 Å². The molecule has 2 heterocycles. The molecule has 160 valence electrons. The number of aromatic nitrogens is 2. The molecule has 0 radical (unpaired) electrons. The Balaban J connectivity index is 1.39. The molecule has 3 amide bonds. The number of hydrogen-bond acceptors (Lipinski definition) is 5. The van der Waals surface area contributed by atoms with Crippen molar-refractivity contribution in [3.63, 3.8) is 0 Å². The van der Waals surface area contributed by atoms with Crippen LogP contribution in [-0.4, -0.2) is 40.1 Å². The number of halogens is 2. The summed E-state index contributed by atoms with van der Waals surface area (Å²) in [7, 11) is 0. The van der Waals surface area contributed by atoms with Gasteiger partial charge in [0, 0.05) is 24.7 Å². The number of para-hydroxylation sites is 1. The molecule has 1 fully saturated rings. The van der Waals surface area contributed by atoms with Gasteiger partial charge in [-0.15, -0.1) is 10.2 Å². The molecule has 0 unspecified atom stereocenters. The summed E-state index contributed by atoms with van der Waals surface area (Å²) in [6.45, 7) is 1.11. The summed E-state index contributed by atoms with van der Waals surface area (Å²) < 4.78 is 13.0. The summed E-state index contributed by atoms with van der Waals surface area (Å²) in [5.74, 6) is -0.785. The lowest BCUT2D eigenvalue weighted by Gasteiger charge is -2.31. The van der Waals surface area contributed by atoms with E-state index in [0.29, 0.717) is 34.5 Å². The van der Waals surface area contributed by atoms with Gasteiger partial charge in [0.2, 0.25) is 5.01 Å². The van der Waals surface area contributed by atoms with E-state index in [0.717, 1.165) is 12.8 Å². The number of piperidine rings is 1. The molecule has 4 rings (SSSR count). The molecule has 0 saturated carbocycles. The number of hydrogen-bond donors (Lipinski definition) is 2. The summed E-state index contributed by atoms with van der Waals surface area (Å²) in [6.07, 6.45) is 1.67. The Bertz CT molecular complexity index is 1090. The first-order chi connectivity index (χ1) is 15.0. The van der Waals surface area contributed by atoms with Crippen LogP contribution in [0.15, 0.2) is 48.5 Å². The largest absolute Gasteiger partial charge is 0.324 e. The van der Waals surface area contributed by atoms with Crippen LogP contribution < -0.4 is 10.6 Å². The molecule has 0 bridgehead atoms. The maximum absolute atomic E-state index is 13.0. The molecular formula is C21H19ClFN5O2S. The highest BCUT2D eigenvalue weighted by atomic mass is 35.5. The fraction of sp³-hybridized carbons (Fsp3) is 0.238. The van der Waals surface area contributed by atoms with Gasteiger partial charge >= 0.3 is 6.03 Å². The number of urea groups is 1. The monoisotopic (exact) mass is 459 g/mol. The molecule has 0 aliphatic carbocycles. The van der Waals surface area contributed by atoms with Crippen LogP contribution in [0.1, 0.15) is 33.6 Å². The van der Waals surface area contributed by atoms with Gasteiger partial charge in [0.05, 0.1) is 10.7 Å². The van der Waals surface area contributed by atoms with Gasteiger partial charge in [-0.25, -0.2) is 9.18 Å². The summed E-state index contributed by atoms with van der Waals surface area (Å²) in [5, 5.41) is 15.1. The fourth-order valence-corrected chi connectivity index (χ4v) is 4.38. The van der Waals surface area contributed by atoms with Crippen molar-refractivity contribution in [3.05, 3.63) is 69.4 Å². The number of carbonyl (C=O) groups excluding carboxylic acids is 2. The molecule has 3 aromatic rings. The molecule has 31 heavy (non-hydrogen) atoms. The van der Waals surface area contributed by atoms with Gasteiger partial charge in [-0.1, -0.05) is 35.1 Å². The van der Waals surface area contributed by atoms with Crippen molar-refractivity contribution >= 4 is 46.3 Å². The van der Waals surface area contributed by atoms with Gasteiger partial charge in [-0.2, -0.15) is 0 Å². The third kappa shape index (κ3) is 5.18. The van der Waals surface area contributed by atoms with E-state index in [4.69, 9.17) is 11.6 Å². The Hall–Kier alpha value is -3.04. The third-order valence-corrected chi connectivity index (χ3v) is 6.32. The van der Waals surface area contributed by atoms with E-state index in [1.165, 1.54) is 35.6 Å². The average molecular weight is 460 g/mol. The smallest absolute Gasteiger partial charge is 0.321 e. The lowest BCUT2D eigenvalue weighted by molar-refractivity contribution is 0.102. The normalized spacial score (nSPS) is 16.1. The first kappa shape index (κ1) is 21.2. The molecule has 2 N–H and O–H groups in total. The van der Waals surface area contributed by atoms with Crippen LogP contribution in [0.2, 0.25) is 5.02 Å². The lowest BCUT2D eigenvalue weighted by Crippen LogP contribution is -2.41. The Morgan fingerprint density at radius 2 is 1.87 bits per heavy atom. The van der Waals surface area contributed by atoms with Crippen molar-refractivity contribution in [2.24, 2.45) is 0 Å². The van der Waals surface area contributed by atoms with Crippen molar-refractivity contribution in [2.75, 3.05) is 23.7 Å². The molecule has 1 saturated heterocycles. The Morgan fingerprint density at radius 1 is 1.10 bits per heavy atom. The highest BCUT2D eigenvalue weighted by molar-refractivity contribution is 7.13. The van der Waals surface area contributed by atoms with E-state index in [2.05, 4.69) is 20.8 Å². The third-order valence-electron chi connectivity index (χ3n) is 4.91. The number of nitrogens with one attached hydrogen (secondary N) is 2. The van der Waals surface area contributed by atoms with Crippen LogP contribution in [0.25, 0.3) is 0 Å². The number of benzene rings is 2.